The van der Waals surface area contributed by atoms with Crippen LogP contribution >= 0.6 is 0 Å². The zero-order chi connectivity index (χ0) is 19.9. The number of carbonyl (C=O) groups excluding carboxylic acids is 1. The first-order chi connectivity index (χ1) is 13.5. The van der Waals surface area contributed by atoms with Crippen LogP contribution in [0.25, 0.3) is 0 Å². The van der Waals surface area contributed by atoms with Gasteiger partial charge in [0.1, 0.15) is 0 Å². The van der Waals surface area contributed by atoms with Gasteiger partial charge in [-0.25, -0.2) is 0 Å². The molecule has 1 heterocycles. The van der Waals surface area contributed by atoms with Crippen LogP contribution in [0.5, 0.6) is 0 Å². The topological polar surface area (TPSA) is 75.5 Å². The van der Waals surface area contributed by atoms with Crippen molar-refractivity contribution in [2.24, 2.45) is 0 Å². The molecule has 2 aromatic rings. The molecule has 0 bridgehead atoms. The minimum absolute atomic E-state index is 0.0308. The molecule has 0 atom stereocenters. The zero-order valence-electron chi connectivity index (χ0n) is 16.3. The smallest absolute Gasteiger partial charge is 0.273 e. The number of hydrogen-bond donors (Lipinski definition) is 1. The maximum atomic E-state index is 12.3. The minimum atomic E-state index is -0.460. The molecule has 1 amide bonds. The molecule has 0 saturated carbocycles. The van der Waals surface area contributed by atoms with E-state index in [1.165, 1.54) is 37.4 Å². The molecule has 0 aromatic heterocycles. The van der Waals surface area contributed by atoms with Gasteiger partial charge in [0.25, 0.3) is 11.6 Å². The van der Waals surface area contributed by atoms with E-state index in [9.17, 15) is 14.9 Å². The van der Waals surface area contributed by atoms with Crippen LogP contribution in [0.1, 0.15) is 47.2 Å². The Morgan fingerprint density at radius 2 is 1.75 bits per heavy atom. The molecule has 1 saturated heterocycles. The summed E-state index contributed by atoms with van der Waals surface area (Å²) in [5.74, 6) is -0.288. The van der Waals surface area contributed by atoms with Crippen LogP contribution in [0.4, 0.5) is 11.4 Å². The summed E-state index contributed by atoms with van der Waals surface area (Å²) in [7, 11) is 0. The van der Waals surface area contributed by atoms with Crippen LogP contribution < -0.4 is 10.2 Å². The van der Waals surface area contributed by atoms with E-state index in [0.717, 1.165) is 25.1 Å². The number of benzene rings is 2. The summed E-state index contributed by atoms with van der Waals surface area (Å²) in [5.41, 5.74) is 3.26. The lowest BCUT2D eigenvalue weighted by molar-refractivity contribution is -0.385. The van der Waals surface area contributed by atoms with Crippen LogP contribution in [0.2, 0.25) is 0 Å². The highest BCUT2D eigenvalue weighted by Gasteiger charge is 2.15. The average molecular weight is 381 g/mol. The SMILES string of the molecule is Cc1ccc(C(=O)NCCc2ccc(N3CCCCCC3)cc2)cc1[N+](=O)[O-]. The number of nitro groups is 1. The average Bonchev–Trinajstić information content (AvgIpc) is 2.98. The van der Waals surface area contributed by atoms with Gasteiger partial charge in [-0.3, -0.25) is 14.9 Å². The van der Waals surface area contributed by atoms with Crippen molar-refractivity contribution >= 4 is 17.3 Å². The number of nitrogens with one attached hydrogen (secondary N) is 1. The second kappa shape index (κ2) is 9.35. The van der Waals surface area contributed by atoms with Crippen molar-refractivity contribution in [3.8, 4) is 0 Å². The number of nitrogens with zero attached hydrogens (tertiary/aromatic N) is 2. The second-order valence-electron chi connectivity index (χ2n) is 7.33. The lowest BCUT2D eigenvalue weighted by atomic mass is 10.1. The summed E-state index contributed by atoms with van der Waals surface area (Å²) in [6.45, 7) is 4.40. The molecular formula is C22H27N3O3. The predicted octanol–water partition coefficient (Wildman–Crippen LogP) is 4.26. The third kappa shape index (κ3) is 5.09. The molecule has 6 nitrogen and oxygen atoms in total. The highest BCUT2D eigenvalue weighted by molar-refractivity contribution is 5.95. The number of hydrogen-bond acceptors (Lipinski definition) is 4. The molecule has 28 heavy (non-hydrogen) atoms. The van der Waals surface area contributed by atoms with Crippen LogP contribution in [-0.2, 0) is 6.42 Å². The van der Waals surface area contributed by atoms with Crippen molar-refractivity contribution < 1.29 is 9.72 Å². The van der Waals surface area contributed by atoms with E-state index in [4.69, 9.17) is 0 Å². The fourth-order valence-electron chi connectivity index (χ4n) is 3.57. The Labute approximate surface area is 165 Å². The largest absolute Gasteiger partial charge is 0.372 e. The number of nitro benzene ring substituents is 1. The molecule has 0 radical (unpaired) electrons. The Morgan fingerprint density at radius 3 is 2.39 bits per heavy atom. The Hall–Kier alpha value is -2.89. The molecule has 0 unspecified atom stereocenters. The van der Waals surface area contributed by atoms with Gasteiger partial charge >= 0.3 is 0 Å². The van der Waals surface area contributed by atoms with E-state index >= 15 is 0 Å². The molecule has 1 aliphatic rings. The van der Waals surface area contributed by atoms with Crippen molar-refractivity contribution in [1.82, 2.24) is 5.32 Å². The van der Waals surface area contributed by atoms with Gasteiger partial charge < -0.3 is 10.2 Å². The van der Waals surface area contributed by atoms with Gasteiger partial charge in [-0.15, -0.1) is 0 Å². The summed E-state index contributed by atoms with van der Waals surface area (Å²) >= 11 is 0. The predicted molar refractivity (Wildman–Crippen MR) is 111 cm³/mol. The lowest BCUT2D eigenvalue weighted by Gasteiger charge is -2.22. The maximum absolute atomic E-state index is 12.3. The molecule has 2 aromatic carbocycles. The highest BCUT2D eigenvalue weighted by Crippen LogP contribution is 2.21. The van der Waals surface area contributed by atoms with Crippen molar-refractivity contribution in [1.29, 1.82) is 0 Å². The third-order valence-corrected chi connectivity index (χ3v) is 5.27. The summed E-state index contributed by atoms with van der Waals surface area (Å²) in [4.78, 5) is 25.3. The Kier molecular flexibility index (Phi) is 6.63. The number of aryl methyl sites for hydroxylation is 1. The van der Waals surface area contributed by atoms with Gasteiger partial charge in [-0.2, -0.15) is 0 Å². The summed E-state index contributed by atoms with van der Waals surface area (Å²) in [6, 6.07) is 13.1. The molecule has 0 spiro atoms. The molecule has 148 valence electrons. The fraction of sp³-hybridized carbons (Fsp3) is 0.409. The van der Waals surface area contributed by atoms with Gasteiger partial charge in [0.15, 0.2) is 0 Å². The van der Waals surface area contributed by atoms with E-state index in [2.05, 4.69) is 34.5 Å². The van der Waals surface area contributed by atoms with E-state index in [-0.39, 0.29) is 11.6 Å². The molecule has 1 N–H and O–H groups in total. The van der Waals surface area contributed by atoms with Crippen LogP contribution in [0, 0.1) is 17.0 Å². The number of carbonyl (C=O) groups is 1. The second-order valence-corrected chi connectivity index (χ2v) is 7.33. The summed E-state index contributed by atoms with van der Waals surface area (Å²) in [6.07, 6.45) is 5.87. The Bertz CT molecular complexity index is 825. The van der Waals surface area contributed by atoms with Crippen LogP contribution in [-0.4, -0.2) is 30.5 Å². The maximum Gasteiger partial charge on any atom is 0.273 e. The van der Waals surface area contributed by atoms with Gasteiger partial charge in [0.2, 0.25) is 0 Å². The molecule has 1 fully saturated rings. The molecular weight excluding hydrogens is 354 g/mol. The fourth-order valence-corrected chi connectivity index (χ4v) is 3.57. The minimum Gasteiger partial charge on any atom is -0.372 e. The van der Waals surface area contributed by atoms with Gasteiger partial charge in [-0.05, 0) is 49.9 Å². The summed E-state index contributed by atoms with van der Waals surface area (Å²) in [5, 5.41) is 13.9. The molecule has 3 rings (SSSR count). The van der Waals surface area contributed by atoms with E-state index < -0.39 is 4.92 Å². The number of amides is 1. The zero-order valence-corrected chi connectivity index (χ0v) is 16.3. The molecule has 1 aliphatic heterocycles. The first-order valence-electron chi connectivity index (χ1n) is 9.92. The van der Waals surface area contributed by atoms with E-state index in [1.54, 1.807) is 19.1 Å². The van der Waals surface area contributed by atoms with Crippen LogP contribution in [0.3, 0.4) is 0 Å². The number of rotatable bonds is 6. The first kappa shape index (κ1) is 19.9. The first-order valence-corrected chi connectivity index (χ1v) is 9.92. The van der Waals surface area contributed by atoms with Crippen LogP contribution in [0.15, 0.2) is 42.5 Å². The molecule has 6 heteroatoms. The third-order valence-electron chi connectivity index (χ3n) is 5.27. The van der Waals surface area contributed by atoms with E-state index in [1.807, 2.05) is 0 Å². The quantitative estimate of drug-likeness (QED) is 0.599. The summed E-state index contributed by atoms with van der Waals surface area (Å²) < 4.78 is 0. The lowest BCUT2D eigenvalue weighted by Crippen LogP contribution is -2.26. The van der Waals surface area contributed by atoms with E-state index in [0.29, 0.717) is 17.7 Å². The van der Waals surface area contributed by atoms with Gasteiger partial charge in [-0.1, -0.05) is 31.0 Å². The van der Waals surface area contributed by atoms with Gasteiger partial charge in [0.05, 0.1) is 4.92 Å². The van der Waals surface area contributed by atoms with Crippen molar-refractivity contribution in [2.45, 2.75) is 39.0 Å². The normalized spacial score (nSPS) is 14.4. The van der Waals surface area contributed by atoms with Crippen molar-refractivity contribution in [3.05, 3.63) is 69.3 Å². The Balaban J connectivity index is 1.52. The van der Waals surface area contributed by atoms with Crippen molar-refractivity contribution in [2.75, 3.05) is 24.5 Å². The monoisotopic (exact) mass is 381 g/mol. The Morgan fingerprint density at radius 1 is 1.07 bits per heavy atom. The number of anilines is 1. The van der Waals surface area contributed by atoms with Crippen molar-refractivity contribution in [3.63, 3.8) is 0 Å². The van der Waals surface area contributed by atoms with Gasteiger partial charge in [0, 0.05) is 42.5 Å². The molecule has 0 aliphatic carbocycles. The highest BCUT2D eigenvalue weighted by atomic mass is 16.6. The standard InChI is InChI=1S/C22H27N3O3/c1-17-6-9-19(16-21(17)25(27)28)22(26)23-13-12-18-7-10-20(11-8-18)24-14-4-2-3-5-15-24/h6-11,16H,2-5,12-15H2,1H3,(H,23,26).